The summed E-state index contributed by atoms with van der Waals surface area (Å²) in [6, 6.07) is 0. The fraction of sp³-hybridized carbons (Fsp3) is 0.778. The third-order valence-electron chi connectivity index (χ3n) is 2.71. The molecule has 1 rings (SSSR count). The van der Waals surface area contributed by atoms with E-state index >= 15 is 0 Å². The van der Waals surface area contributed by atoms with Crippen LogP contribution in [0.2, 0.25) is 0 Å². The summed E-state index contributed by atoms with van der Waals surface area (Å²) >= 11 is 0. The molecule has 2 N–H and O–H groups in total. The van der Waals surface area contributed by atoms with Crippen LogP contribution in [0.1, 0.15) is 0 Å². The van der Waals surface area contributed by atoms with Crippen molar-refractivity contribution >= 4 is 11.8 Å². The van der Waals surface area contributed by atoms with E-state index in [0.29, 0.717) is 0 Å². The lowest BCUT2D eigenvalue weighted by Gasteiger charge is -2.34. The predicted octanol–water partition coefficient (Wildman–Crippen LogP) is -0.576. The zero-order valence-corrected chi connectivity index (χ0v) is 9.33. The summed E-state index contributed by atoms with van der Waals surface area (Å²) in [6.07, 6.45) is -4.46. The molecule has 0 aromatic carbocycles. The number of hydrogen-bond acceptors (Lipinski definition) is 3. The van der Waals surface area contributed by atoms with Crippen LogP contribution in [0, 0.1) is 5.92 Å². The van der Waals surface area contributed by atoms with Gasteiger partial charge in [-0.05, 0) is 0 Å². The number of nitrogens with two attached hydrogens (primary N) is 1. The van der Waals surface area contributed by atoms with E-state index in [-0.39, 0.29) is 13.1 Å². The number of nitrogens with zero attached hydrogens (tertiary/aromatic N) is 2. The van der Waals surface area contributed by atoms with Gasteiger partial charge in [0.2, 0.25) is 0 Å². The Kier molecular flexibility index (Phi) is 3.97. The first-order valence-corrected chi connectivity index (χ1v) is 5.08. The highest BCUT2D eigenvalue weighted by Crippen LogP contribution is 2.26. The molecule has 0 aliphatic carbocycles. The molecular weight excluding hydrogens is 239 g/mol. The van der Waals surface area contributed by atoms with Crippen molar-refractivity contribution in [3.8, 4) is 0 Å². The van der Waals surface area contributed by atoms with Crippen LogP contribution in [0.4, 0.5) is 13.2 Å². The van der Waals surface area contributed by atoms with Crippen molar-refractivity contribution in [2.45, 2.75) is 6.18 Å². The molecule has 17 heavy (non-hydrogen) atoms. The molecule has 1 aliphatic rings. The number of hydrogen-bond donors (Lipinski definition) is 1. The Morgan fingerprint density at radius 3 is 2.35 bits per heavy atom. The Hall–Kier alpha value is -1.31. The van der Waals surface area contributed by atoms with Crippen LogP contribution in [-0.2, 0) is 9.59 Å². The second kappa shape index (κ2) is 4.91. The second-order valence-corrected chi connectivity index (χ2v) is 3.95. The highest BCUT2D eigenvalue weighted by atomic mass is 19.4. The largest absolute Gasteiger partial charge is 0.394 e. The summed E-state index contributed by atoms with van der Waals surface area (Å²) in [7, 11) is 1.43. The molecule has 5 nitrogen and oxygen atoms in total. The van der Waals surface area contributed by atoms with E-state index in [1.54, 1.807) is 0 Å². The van der Waals surface area contributed by atoms with Gasteiger partial charge in [-0.1, -0.05) is 0 Å². The molecule has 1 unspecified atom stereocenters. The molecule has 1 heterocycles. The first-order valence-electron chi connectivity index (χ1n) is 5.08. The van der Waals surface area contributed by atoms with E-state index in [1.807, 2.05) is 0 Å². The van der Waals surface area contributed by atoms with Gasteiger partial charge in [0.05, 0.1) is 5.92 Å². The minimum absolute atomic E-state index is 0.105. The normalized spacial score (nSPS) is 19.8. The van der Waals surface area contributed by atoms with Crippen molar-refractivity contribution < 1.29 is 22.8 Å². The summed E-state index contributed by atoms with van der Waals surface area (Å²) in [6.45, 7) is -0.816. The number of rotatable bonds is 3. The van der Waals surface area contributed by atoms with Crippen molar-refractivity contribution in [3.63, 3.8) is 0 Å². The summed E-state index contributed by atoms with van der Waals surface area (Å²) < 4.78 is 37.4. The molecule has 98 valence electrons. The van der Waals surface area contributed by atoms with Crippen LogP contribution in [0.25, 0.3) is 0 Å². The fourth-order valence-corrected chi connectivity index (χ4v) is 1.52. The Balaban J connectivity index is 2.69. The van der Waals surface area contributed by atoms with Crippen LogP contribution in [0.3, 0.4) is 0 Å². The topological polar surface area (TPSA) is 66.6 Å². The predicted molar refractivity (Wildman–Crippen MR) is 52.8 cm³/mol. The van der Waals surface area contributed by atoms with Crippen LogP contribution >= 0.6 is 0 Å². The highest BCUT2D eigenvalue weighted by molar-refractivity contribution is 6.35. The highest BCUT2D eigenvalue weighted by Gasteiger charge is 2.42. The standard InChI is InChI=1S/C9H14F3N3O2/c1-14-2-3-15(8(17)7(14)16)5-6(4-13)9(10,11)12/h6H,2-5,13H2,1H3. The average molecular weight is 253 g/mol. The average Bonchev–Trinajstić information content (AvgIpc) is 2.23. The van der Waals surface area contributed by atoms with Crippen LogP contribution in [0.5, 0.6) is 0 Å². The van der Waals surface area contributed by atoms with Gasteiger partial charge < -0.3 is 15.5 Å². The van der Waals surface area contributed by atoms with Gasteiger partial charge in [-0.2, -0.15) is 13.2 Å². The van der Waals surface area contributed by atoms with Crippen molar-refractivity contribution in [2.75, 3.05) is 33.2 Å². The minimum atomic E-state index is -4.46. The van der Waals surface area contributed by atoms with E-state index in [4.69, 9.17) is 5.73 Å². The maximum absolute atomic E-state index is 12.5. The maximum atomic E-state index is 12.5. The lowest BCUT2D eigenvalue weighted by atomic mass is 10.1. The molecule has 1 saturated heterocycles. The van der Waals surface area contributed by atoms with E-state index in [1.165, 1.54) is 11.9 Å². The molecule has 1 fully saturated rings. The first kappa shape index (κ1) is 13.8. The van der Waals surface area contributed by atoms with Gasteiger partial charge in [-0.15, -0.1) is 0 Å². The van der Waals surface area contributed by atoms with Gasteiger partial charge in [0, 0.05) is 33.2 Å². The summed E-state index contributed by atoms with van der Waals surface area (Å²) in [5.41, 5.74) is 5.03. The maximum Gasteiger partial charge on any atom is 0.394 e. The number of carbonyl (C=O) groups is 2. The first-order chi connectivity index (χ1) is 7.77. The van der Waals surface area contributed by atoms with Crippen molar-refractivity contribution in [1.29, 1.82) is 0 Å². The Bertz CT molecular complexity index is 319. The zero-order valence-electron chi connectivity index (χ0n) is 9.33. The van der Waals surface area contributed by atoms with Crippen molar-refractivity contribution in [1.82, 2.24) is 9.80 Å². The van der Waals surface area contributed by atoms with Gasteiger partial charge >= 0.3 is 18.0 Å². The molecule has 0 saturated carbocycles. The monoisotopic (exact) mass is 253 g/mol. The van der Waals surface area contributed by atoms with Gasteiger partial charge in [0.1, 0.15) is 0 Å². The van der Waals surface area contributed by atoms with Crippen LogP contribution in [0.15, 0.2) is 0 Å². The molecule has 0 radical (unpaired) electrons. The zero-order chi connectivity index (χ0) is 13.2. The van der Waals surface area contributed by atoms with E-state index < -0.39 is 37.0 Å². The van der Waals surface area contributed by atoms with Gasteiger partial charge in [0.15, 0.2) is 0 Å². The Morgan fingerprint density at radius 1 is 1.29 bits per heavy atom. The van der Waals surface area contributed by atoms with Gasteiger partial charge in [0.25, 0.3) is 0 Å². The van der Waals surface area contributed by atoms with Crippen LogP contribution in [-0.4, -0.2) is 61.0 Å². The number of halogens is 3. The number of likely N-dealkylation sites (N-methyl/N-ethyl adjacent to an activating group) is 1. The number of alkyl halides is 3. The lowest BCUT2D eigenvalue weighted by Crippen LogP contribution is -2.55. The third kappa shape index (κ3) is 3.09. The van der Waals surface area contributed by atoms with Gasteiger partial charge in [-0.3, -0.25) is 9.59 Å². The summed E-state index contributed by atoms with van der Waals surface area (Å²) in [5.74, 6) is -3.47. The van der Waals surface area contributed by atoms with Crippen LogP contribution < -0.4 is 5.73 Å². The molecule has 2 amide bonds. The molecule has 1 aliphatic heterocycles. The SMILES string of the molecule is CN1CCN(CC(CN)C(F)(F)F)C(=O)C1=O. The number of piperazine rings is 1. The molecule has 8 heteroatoms. The van der Waals surface area contributed by atoms with Crippen molar-refractivity contribution in [3.05, 3.63) is 0 Å². The molecule has 0 bridgehead atoms. The molecule has 1 atom stereocenters. The molecular formula is C9H14F3N3O2. The van der Waals surface area contributed by atoms with E-state index in [9.17, 15) is 22.8 Å². The Labute approximate surface area is 96.3 Å². The minimum Gasteiger partial charge on any atom is -0.336 e. The quantitative estimate of drug-likeness (QED) is 0.685. The van der Waals surface area contributed by atoms with Gasteiger partial charge in [-0.25, -0.2) is 0 Å². The summed E-state index contributed by atoms with van der Waals surface area (Å²) in [4.78, 5) is 24.8. The number of carbonyl (C=O) groups excluding carboxylic acids is 2. The molecule has 0 spiro atoms. The Morgan fingerprint density at radius 2 is 1.88 bits per heavy atom. The van der Waals surface area contributed by atoms with E-state index in [2.05, 4.69) is 0 Å². The molecule has 0 aromatic heterocycles. The second-order valence-electron chi connectivity index (χ2n) is 3.95. The van der Waals surface area contributed by atoms with Crippen molar-refractivity contribution in [2.24, 2.45) is 11.7 Å². The molecule has 0 aromatic rings. The van der Waals surface area contributed by atoms with E-state index in [0.717, 1.165) is 4.90 Å². The lowest BCUT2D eigenvalue weighted by molar-refractivity contribution is -0.180. The summed E-state index contributed by atoms with van der Waals surface area (Å²) in [5, 5.41) is 0. The third-order valence-corrected chi connectivity index (χ3v) is 2.71. The fourth-order valence-electron chi connectivity index (χ4n) is 1.52. The smallest absolute Gasteiger partial charge is 0.336 e. The number of amides is 2.